The molecule has 0 unspecified atom stereocenters. The molecule has 1 heterocycles. The van der Waals surface area contributed by atoms with Crippen molar-refractivity contribution in [3.8, 4) is 11.3 Å². The highest BCUT2D eigenvalue weighted by atomic mass is 32.2. The predicted molar refractivity (Wildman–Crippen MR) is 152 cm³/mol. The van der Waals surface area contributed by atoms with Crippen molar-refractivity contribution in [2.45, 2.75) is 38.1 Å². The van der Waals surface area contributed by atoms with Gasteiger partial charge in [-0.1, -0.05) is 85.3 Å². The number of hydrogen-bond acceptors (Lipinski definition) is 5. The number of amides is 1. The lowest BCUT2D eigenvalue weighted by atomic mass is 10.1. The Morgan fingerprint density at radius 1 is 0.921 bits per heavy atom. The first kappa shape index (κ1) is 27.0. The minimum absolute atomic E-state index is 0.0216. The van der Waals surface area contributed by atoms with E-state index in [0.717, 1.165) is 29.7 Å². The van der Waals surface area contributed by atoms with E-state index < -0.39 is 10.0 Å². The fourth-order valence-corrected chi connectivity index (χ4v) is 5.01. The van der Waals surface area contributed by atoms with E-state index in [4.69, 9.17) is 10.1 Å². The van der Waals surface area contributed by atoms with Gasteiger partial charge in [-0.05, 0) is 36.6 Å². The van der Waals surface area contributed by atoms with Crippen LogP contribution in [0.5, 0.6) is 0 Å². The second-order valence-corrected chi connectivity index (χ2v) is 10.8. The van der Waals surface area contributed by atoms with E-state index in [-0.39, 0.29) is 17.2 Å². The van der Waals surface area contributed by atoms with Crippen molar-refractivity contribution in [1.82, 2.24) is 4.98 Å². The molecule has 1 aromatic heterocycles. The zero-order valence-electron chi connectivity index (χ0n) is 21.6. The van der Waals surface area contributed by atoms with Crippen molar-refractivity contribution in [3.63, 3.8) is 0 Å². The van der Waals surface area contributed by atoms with Gasteiger partial charge in [0.15, 0.2) is 0 Å². The first-order chi connectivity index (χ1) is 18.2. The van der Waals surface area contributed by atoms with Crippen LogP contribution >= 0.6 is 0 Å². The van der Waals surface area contributed by atoms with Gasteiger partial charge in [-0.3, -0.25) is 4.79 Å². The zero-order chi connectivity index (χ0) is 27.1. The van der Waals surface area contributed by atoms with Crippen LogP contribution in [0.25, 0.3) is 11.3 Å². The van der Waals surface area contributed by atoms with Crippen molar-refractivity contribution in [3.05, 3.63) is 108 Å². The topological polar surface area (TPSA) is 105 Å². The maximum absolute atomic E-state index is 13.0. The molecule has 0 aliphatic rings. The summed E-state index contributed by atoms with van der Waals surface area (Å²) < 4.78 is 24.7. The molecule has 0 aliphatic heterocycles. The highest BCUT2D eigenvalue weighted by Crippen LogP contribution is 2.31. The Hall–Kier alpha value is -4.01. The van der Waals surface area contributed by atoms with Crippen LogP contribution < -0.4 is 15.4 Å². The van der Waals surface area contributed by atoms with Crippen LogP contribution in [0.3, 0.4) is 0 Å². The number of carbonyl (C=O) groups excluding carboxylic acids is 1. The maximum Gasteiger partial charge on any atom is 0.238 e. The van der Waals surface area contributed by atoms with Crippen molar-refractivity contribution in [2.24, 2.45) is 5.14 Å². The standard InChI is InChI=1S/C30H32N4O3S/c1-3-17-34(21-24-9-5-4-6-10-24)29-20-25(32-30(35)18-23-15-13-22(2)14-16-23)19-27(33-29)26-11-7-8-12-28(26)38(31,36)37/h4-16,19-20H,3,17-18,21H2,1-2H3,(H2,31,36,37)(H,32,33,35). The average Bonchev–Trinajstić information content (AvgIpc) is 2.89. The van der Waals surface area contributed by atoms with Crippen molar-refractivity contribution in [1.29, 1.82) is 0 Å². The molecule has 0 atom stereocenters. The minimum atomic E-state index is -3.99. The molecular weight excluding hydrogens is 496 g/mol. The van der Waals surface area contributed by atoms with Crippen LogP contribution in [-0.2, 0) is 27.8 Å². The van der Waals surface area contributed by atoms with E-state index in [1.165, 1.54) is 6.07 Å². The molecule has 0 bridgehead atoms. The summed E-state index contributed by atoms with van der Waals surface area (Å²) >= 11 is 0. The normalized spacial score (nSPS) is 11.2. The molecule has 0 saturated carbocycles. The highest BCUT2D eigenvalue weighted by Gasteiger charge is 2.19. The van der Waals surface area contributed by atoms with Crippen LogP contribution in [0.1, 0.15) is 30.0 Å². The van der Waals surface area contributed by atoms with Gasteiger partial charge in [-0.15, -0.1) is 0 Å². The lowest BCUT2D eigenvalue weighted by Crippen LogP contribution is -2.25. The number of pyridine rings is 1. The Bertz CT molecular complexity index is 1500. The molecular formula is C30H32N4O3S. The fraction of sp³-hybridized carbons (Fsp3) is 0.200. The van der Waals surface area contributed by atoms with E-state index in [1.807, 2.05) is 67.6 Å². The monoisotopic (exact) mass is 528 g/mol. The largest absolute Gasteiger partial charge is 0.352 e. The minimum Gasteiger partial charge on any atom is -0.352 e. The summed E-state index contributed by atoms with van der Waals surface area (Å²) in [6.45, 7) is 5.42. The third-order valence-corrected chi connectivity index (χ3v) is 7.05. The second kappa shape index (κ2) is 12.0. The van der Waals surface area contributed by atoms with Gasteiger partial charge < -0.3 is 10.2 Å². The third kappa shape index (κ3) is 7.06. The number of primary sulfonamides is 1. The summed E-state index contributed by atoms with van der Waals surface area (Å²) in [4.78, 5) is 19.9. The summed E-state index contributed by atoms with van der Waals surface area (Å²) in [5.41, 5.74) is 4.46. The highest BCUT2D eigenvalue weighted by molar-refractivity contribution is 7.89. The summed E-state index contributed by atoms with van der Waals surface area (Å²) in [5.74, 6) is 0.449. The number of nitrogens with two attached hydrogens (primary N) is 1. The summed E-state index contributed by atoms with van der Waals surface area (Å²) in [7, 11) is -3.99. The number of aryl methyl sites for hydroxylation is 1. The van der Waals surface area contributed by atoms with Crippen molar-refractivity contribution in [2.75, 3.05) is 16.8 Å². The van der Waals surface area contributed by atoms with Gasteiger partial charge in [0.25, 0.3) is 0 Å². The van der Waals surface area contributed by atoms with E-state index in [1.54, 1.807) is 24.3 Å². The Kier molecular flexibility index (Phi) is 8.55. The van der Waals surface area contributed by atoms with Gasteiger partial charge >= 0.3 is 0 Å². The van der Waals surface area contributed by atoms with Gasteiger partial charge in [-0.2, -0.15) is 0 Å². The molecule has 0 saturated heterocycles. The Morgan fingerprint density at radius 3 is 2.29 bits per heavy atom. The van der Waals surface area contributed by atoms with Gasteiger partial charge in [0.05, 0.1) is 17.0 Å². The number of aromatic nitrogens is 1. The van der Waals surface area contributed by atoms with E-state index in [0.29, 0.717) is 29.3 Å². The summed E-state index contributed by atoms with van der Waals surface area (Å²) in [5, 5.41) is 8.51. The van der Waals surface area contributed by atoms with Gasteiger partial charge in [-0.25, -0.2) is 18.5 Å². The number of hydrogen-bond donors (Lipinski definition) is 2. The molecule has 1 amide bonds. The number of nitrogens with one attached hydrogen (secondary N) is 1. The number of benzene rings is 3. The Labute approximate surface area is 224 Å². The number of rotatable bonds is 10. The van der Waals surface area contributed by atoms with Crippen LogP contribution in [0.15, 0.2) is 95.9 Å². The number of anilines is 2. The molecule has 0 spiro atoms. The van der Waals surface area contributed by atoms with Crippen LogP contribution in [0, 0.1) is 6.92 Å². The van der Waals surface area contributed by atoms with Crippen LogP contribution in [0.2, 0.25) is 0 Å². The van der Waals surface area contributed by atoms with Gasteiger partial charge in [0, 0.05) is 30.4 Å². The molecule has 3 aromatic carbocycles. The maximum atomic E-state index is 13.0. The van der Waals surface area contributed by atoms with Crippen LogP contribution in [-0.4, -0.2) is 25.9 Å². The van der Waals surface area contributed by atoms with E-state index >= 15 is 0 Å². The molecule has 4 rings (SSSR count). The van der Waals surface area contributed by atoms with Crippen molar-refractivity contribution >= 4 is 27.4 Å². The molecule has 4 aromatic rings. The number of sulfonamides is 1. The molecule has 38 heavy (non-hydrogen) atoms. The molecule has 0 fully saturated rings. The van der Waals surface area contributed by atoms with Crippen LogP contribution in [0.4, 0.5) is 11.5 Å². The fourth-order valence-electron chi connectivity index (χ4n) is 4.26. The van der Waals surface area contributed by atoms with Gasteiger partial charge in [0.1, 0.15) is 5.82 Å². The number of carbonyl (C=O) groups is 1. The summed E-state index contributed by atoms with van der Waals surface area (Å²) in [6.07, 6.45) is 1.09. The molecule has 8 heteroatoms. The SMILES string of the molecule is CCCN(Cc1ccccc1)c1cc(NC(=O)Cc2ccc(C)cc2)cc(-c2ccccc2S(N)(=O)=O)n1. The summed E-state index contributed by atoms with van der Waals surface area (Å²) in [6, 6.07) is 27.9. The smallest absolute Gasteiger partial charge is 0.238 e. The third-order valence-electron chi connectivity index (χ3n) is 6.08. The Balaban J connectivity index is 1.75. The zero-order valence-corrected chi connectivity index (χ0v) is 22.4. The molecule has 0 radical (unpaired) electrons. The number of nitrogens with zero attached hydrogens (tertiary/aromatic N) is 2. The quantitative estimate of drug-likeness (QED) is 0.291. The predicted octanol–water partition coefficient (Wildman–Crippen LogP) is 5.30. The molecule has 7 nitrogen and oxygen atoms in total. The first-order valence-electron chi connectivity index (χ1n) is 12.5. The molecule has 0 aliphatic carbocycles. The second-order valence-electron chi connectivity index (χ2n) is 9.26. The average molecular weight is 529 g/mol. The Morgan fingerprint density at radius 2 is 1.61 bits per heavy atom. The lowest BCUT2D eigenvalue weighted by Gasteiger charge is -2.25. The van der Waals surface area contributed by atoms with Gasteiger partial charge in [0.2, 0.25) is 15.9 Å². The van der Waals surface area contributed by atoms with E-state index in [2.05, 4.69) is 17.1 Å². The molecule has 3 N–H and O–H groups in total. The first-order valence-corrected chi connectivity index (χ1v) is 14.1. The van der Waals surface area contributed by atoms with E-state index in [9.17, 15) is 13.2 Å². The lowest BCUT2D eigenvalue weighted by molar-refractivity contribution is -0.115. The van der Waals surface area contributed by atoms with Crippen molar-refractivity contribution < 1.29 is 13.2 Å². The molecule has 196 valence electrons.